The number of piperazine rings is 1. The van der Waals surface area contributed by atoms with Gasteiger partial charge in [0.1, 0.15) is 11.3 Å². The van der Waals surface area contributed by atoms with Crippen LogP contribution in [0.5, 0.6) is 17.2 Å². The van der Waals surface area contributed by atoms with Crippen molar-refractivity contribution in [2.24, 2.45) is 0 Å². The van der Waals surface area contributed by atoms with Crippen LogP contribution < -0.4 is 29.3 Å². The Morgan fingerprint density at radius 1 is 1.00 bits per heavy atom. The maximum absolute atomic E-state index is 13.2. The molecule has 34 heavy (non-hydrogen) atoms. The van der Waals surface area contributed by atoms with Gasteiger partial charge in [-0.3, -0.25) is 19.8 Å². The van der Waals surface area contributed by atoms with Gasteiger partial charge in [-0.05, 0) is 55.5 Å². The Morgan fingerprint density at radius 2 is 1.71 bits per heavy atom. The number of anilines is 2. The third-order valence-corrected chi connectivity index (χ3v) is 6.14. The number of carbonyl (C=O) groups is 2. The Bertz CT molecular complexity index is 1160. The number of thiocarbonyl (C=S) groups is 1. The molecule has 2 saturated heterocycles. The van der Waals surface area contributed by atoms with Crippen molar-refractivity contribution < 1.29 is 23.8 Å². The predicted octanol–water partition coefficient (Wildman–Crippen LogP) is 2.27. The number of benzene rings is 2. The molecule has 2 aromatic rings. The van der Waals surface area contributed by atoms with Crippen molar-refractivity contribution in [2.75, 3.05) is 49.4 Å². The smallest absolute Gasteiger partial charge is 0.271 e. The molecule has 9 nitrogen and oxygen atoms in total. The highest BCUT2D eigenvalue weighted by Crippen LogP contribution is 2.35. The van der Waals surface area contributed by atoms with E-state index in [4.69, 9.17) is 26.4 Å². The van der Waals surface area contributed by atoms with E-state index < -0.39 is 11.8 Å². The van der Waals surface area contributed by atoms with Gasteiger partial charge in [0.05, 0.1) is 12.3 Å². The van der Waals surface area contributed by atoms with E-state index in [2.05, 4.69) is 10.2 Å². The molecular formula is C24H24N4O5S. The van der Waals surface area contributed by atoms with Crippen molar-refractivity contribution in [3.63, 3.8) is 0 Å². The zero-order chi connectivity index (χ0) is 23.7. The van der Waals surface area contributed by atoms with Crippen LogP contribution in [-0.4, -0.2) is 61.4 Å². The molecule has 0 aromatic heterocycles. The fraction of sp³-hybridized carbons (Fsp3) is 0.292. The number of carbonyl (C=O) groups excluding carboxylic acids is 2. The third-order valence-electron chi connectivity index (χ3n) is 5.85. The van der Waals surface area contributed by atoms with Crippen LogP contribution in [0.15, 0.2) is 54.2 Å². The molecule has 2 fully saturated rings. The van der Waals surface area contributed by atoms with E-state index in [-0.39, 0.29) is 17.5 Å². The lowest BCUT2D eigenvalue weighted by molar-refractivity contribution is -0.122. The van der Waals surface area contributed by atoms with Gasteiger partial charge in [0.2, 0.25) is 6.79 Å². The maximum Gasteiger partial charge on any atom is 0.271 e. The summed E-state index contributed by atoms with van der Waals surface area (Å²) >= 11 is 5.28. The number of fused-ring (bicyclic) bond motifs is 1. The van der Waals surface area contributed by atoms with Gasteiger partial charge in [0, 0.05) is 44.1 Å². The van der Waals surface area contributed by atoms with E-state index in [1.807, 2.05) is 30.0 Å². The Kier molecular flexibility index (Phi) is 5.97. The molecule has 5 rings (SSSR count). The molecule has 0 bridgehead atoms. The van der Waals surface area contributed by atoms with Crippen molar-refractivity contribution in [3.8, 4) is 17.2 Å². The molecule has 0 saturated carbocycles. The quantitative estimate of drug-likeness (QED) is 0.397. The lowest BCUT2D eigenvalue weighted by Gasteiger charge is -2.36. The summed E-state index contributed by atoms with van der Waals surface area (Å²) in [5.41, 5.74) is 1.67. The molecule has 3 aliphatic rings. The van der Waals surface area contributed by atoms with Gasteiger partial charge in [-0.1, -0.05) is 0 Å². The molecule has 0 spiro atoms. The monoisotopic (exact) mass is 480 g/mol. The number of amides is 2. The minimum absolute atomic E-state index is 0.0546. The number of nitrogens with one attached hydrogen (secondary N) is 1. The average molecular weight is 481 g/mol. The van der Waals surface area contributed by atoms with Gasteiger partial charge in [-0.2, -0.15) is 0 Å². The predicted molar refractivity (Wildman–Crippen MR) is 130 cm³/mol. The zero-order valence-electron chi connectivity index (χ0n) is 18.7. The summed E-state index contributed by atoms with van der Waals surface area (Å²) in [6.07, 6.45) is 1.64. The standard InChI is InChI=1S/C24H24N4O5S/c1-2-31-18-6-3-16(4-7-18)28-23(30)19(22(29)25-24(28)34)14-26-9-11-27(12-10-26)17-5-8-20-21(13-17)33-15-32-20/h3-8,13-14H,2,9-12,15H2,1H3,(H,25,29,34). The number of hydrogen-bond donors (Lipinski definition) is 1. The molecule has 3 heterocycles. The molecule has 0 unspecified atom stereocenters. The fourth-order valence-electron chi connectivity index (χ4n) is 4.11. The summed E-state index contributed by atoms with van der Waals surface area (Å²) in [5, 5.41) is 2.69. The van der Waals surface area contributed by atoms with E-state index in [0.29, 0.717) is 31.1 Å². The van der Waals surface area contributed by atoms with E-state index >= 15 is 0 Å². The maximum atomic E-state index is 13.2. The highest BCUT2D eigenvalue weighted by molar-refractivity contribution is 7.80. The second-order valence-electron chi connectivity index (χ2n) is 7.93. The Hall–Kier alpha value is -3.79. The first-order chi connectivity index (χ1) is 16.5. The Labute approximate surface area is 202 Å². The zero-order valence-corrected chi connectivity index (χ0v) is 19.5. The van der Waals surface area contributed by atoms with Crippen LogP contribution >= 0.6 is 12.2 Å². The van der Waals surface area contributed by atoms with E-state index in [9.17, 15) is 9.59 Å². The lowest BCUT2D eigenvalue weighted by Crippen LogP contribution is -2.55. The molecule has 2 amide bonds. The highest BCUT2D eigenvalue weighted by Gasteiger charge is 2.35. The third kappa shape index (κ3) is 4.24. The van der Waals surface area contributed by atoms with Crippen LogP contribution in [0.2, 0.25) is 0 Å². The van der Waals surface area contributed by atoms with Crippen molar-refractivity contribution in [3.05, 3.63) is 54.2 Å². The van der Waals surface area contributed by atoms with Crippen molar-refractivity contribution >= 4 is 40.5 Å². The summed E-state index contributed by atoms with van der Waals surface area (Å²) in [5.74, 6) is 1.26. The minimum atomic E-state index is -0.490. The Balaban J connectivity index is 1.28. The SMILES string of the molecule is CCOc1ccc(N2C(=O)C(=CN3CCN(c4ccc5c(c4)OCO5)CC3)C(=O)NC2=S)cc1. The van der Waals surface area contributed by atoms with Crippen LogP contribution in [-0.2, 0) is 9.59 Å². The summed E-state index contributed by atoms with van der Waals surface area (Å²) in [4.78, 5) is 31.4. The molecule has 1 N–H and O–H groups in total. The molecule has 3 aliphatic heterocycles. The van der Waals surface area contributed by atoms with Crippen molar-refractivity contribution in [2.45, 2.75) is 6.92 Å². The number of hydrogen-bond acceptors (Lipinski definition) is 8. The normalized spacial score (nSPS) is 19.0. The second-order valence-corrected chi connectivity index (χ2v) is 8.32. The van der Waals surface area contributed by atoms with Gasteiger partial charge < -0.3 is 24.0 Å². The van der Waals surface area contributed by atoms with Crippen LogP contribution in [0.1, 0.15) is 6.92 Å². The average Bonchev–Trinajstić information content (AvgIpc) is 3.31. The van der Waals surface area contributed by atoms with Gasteiger partial charge in [0.15, 0.2) is 16.6 Å². The van der Waals surface area contributed by atoms with Crippen LogP contribution in [0, 0.1) is 0 Å². The summed E-state index contributed by atoms with van der Waals surface area (Å²) in [7, 11) is 0. The summed E-state index contributed by atoms with van der Waals surface area (Å²) < 4.78 is 16.3. The van der Waals surface area contributed by atoms with Crippen LogP contribution in [0.4, 0.5) is 11.4 Å². The molecule has 0 atom stereocenters. The first kappa shape index (κ1) is 22.0. The largest absolute Gasteiger partial charge is 0.494 e. The van der Waals surface area contributed by atoms with Crippen molar-refractivity contribution in [1.82, 2.24) is 10.2 Å². The van der Waals surface area contributed by atoms with E-state index in [1.165, 1.54) is 4.90 Å². The minimum Gasteiger partial charge on any atom is -0.494 e. The van der Waals surface area contributed by atoms with E-state index in [1.54, 1.807) is 30.5 Å². The van der Waals surface area contributed by atoms with Crippen LogP contribution in [0.25, 0.3) is 0 Å². The molecule has 2 aromatic carbocycles. The number of nitrogens with zero attached hydrogens (tertiary/aromatic N) is 3. The Morgan fingerprint density at radius 3 is 2.44 bits per heavy atom. The van der Waals surface area contributed by atoms with Gasteiger partial charge >= 0.3 is 0 Å². The van der Waals surface area contributed by atoms with Gasteiger partial charge in [-0.25, -0.2) is 0 Å². The van der Waals surface area contributed by atoms with E-state index in [0.717, 1.165) is 30.3 Å². The fourth-order valence-corrected chi connectivity index (χ4v) is 4.39. The molecule has 0 radical (unpaired) electrons. The highest BCUT2D eigenvalue weighted by atomic mass is 32.1. The second kappa shape index (κ2) is 9.22. The molecular weight excluding hydrogens is 456 g/mol. The molecule has 10 heteroatoms. The van der Waals surface area contributed by atoms with Crippen LogP contribution in [0.3, 0.4) is 0 Å². The molecule has 0 aliphatic carbocycles. The first-order valence-electron chi connectivity index (χ1n) is 11.1. The van der Waals surface area contributed by atoms with Gasteiger partial charge in [0.25, 0.3) is 11.8 Å². The number of rotatable bonds is 5. The number of ether oxygens (including phenoxy) is 3. The summed E-state index contributed by atoms with van der Waals surface area (Å²) in [6.45, 7) is 5.48. The first-order valence-corrected chi connectivity index (χ1v) is 11.5. The van der Waals surface area contributed by atoms with Gasteiger partial charge in [-0.15, -0.1) is 0 Å². The van der Waals surface area contributed by atoms with Crippen molar-refractivity contribution in [1.29, 1.82) is 0 Å². The lowest BCUT2D eigenvalue weighted by atomic mass is 10.1. The molecule has 176 valence electrons. The topological polar surface area (TPSA) is 83.6 Å². The summed E-state index contributed by atoms with van der Waals surface area (Å²) in [6, 6.07) is 12.9.